The van der Waals surface area contributed by atoms with E-state index in [-0.39, 0.29) is 0 Å². The summed E-state index contributed by atoms with van der Waals surface area (Å²) in [7, 11) is -3.14. The van der Waals surface area contributed by atoms with Crippen LogP contribution in [-0.4, -0.2) is 44.9 Å². The zero-order chi connectivity index (χ0) is 10.5. The van der Waals surface area contributed by atoms with E-state index in [1.807, 2.05) is 0 Å². The van der Waals surface area contributed by atoms with Gasteiger partial charge in [-0.1, -0.05) is 0 Å². The van der Waals surface area contributed by atoms with Crippen molar-refractivity contribution >= 4 is 22.1 Å². The Bertz CT molecular complexity index is 290. The highest BCUT2D eigenvalue weighted by Crippen LogP contribution is 1.93. The molecule has 0 saturated carbocycles. The SMILES string of the molecule is COC(=O)COS(=O)(=O)CC(=O)O. The molecule has 8 heteroatoms. The minimum Gasteiger partial charge on any atom is -0.480 e. The maximum absolute atomic E-state index is 10.7. The first-order valence-electron chi connectivity index (χ1n) is 3.03. The predicted molar refractivity (Wildman–Crippen MR) is 39.4 cm³/mol. The second-order valence-corrected chi connectivity index (χ2v) is 3.57. The van der Waals surface area contributed by atoms with Crippen molar-refractivity contribution in [1.82, 2.24) is 0 Å². The Morgan fingerprint density at radius 1 is 1.38 bits per heavy atom. The molecule has 76 valence electrons. The lowest BCUT2D eigenvalue weighted by Crippen LogP contribution is -2.21. The molecular weight excluding hydrogens is 204 g/mol. The number of carboxylic acids is 1. The van der Waals surface area contributed by atoms with Crippen LogP contribution in [0.25, 0.3) is 0 Å². The third kappa shape index (κ3) is 6.05. The lowest BCUT2D eigenvalue weighted by atomic mass is 10.8. The smallest absolute Gasteiger partial charge is 0.333 e. The van der Waals surface area contributed by atoms with Crippen molar-refractivity contribution in [2.24, 2.45) is 0 Å². The van der Waals surface area contributed by atoms with Crippen molar-refractivity contribution in [3.05, 3.63) is 0 Å². The fraction of sp³-hybridized carbons (Fsp3) is 0.600. The van der Waals surface area contributed by atoms with Gasteiger partial charge in [0.1, 0.15) is 0 Å². The Kier molecular flexibility index (Phi) is 4.35. The molecule has 0 aliphatic carbocycles. The van der Waals surface area contributed by atoms with Gasteiger partial charge in [-0.15, -0.1) is 0 Å². The van der Waals surface area contributed by atoms with Crippen LogP contribution in [0.15, 0.2) is 0 Å². The molecule has 0 saturated heterocycles. The molecule has 0 rings (SSSR count). The van der Waals surface area contributed by atoms with Crippen LogP contribution in [0.3, 0.4) is 0 Å². The minimum atomic E-state index is -4.19. The number of carbonyl (C=O) groups is 2. The molecule has 0 bridgehead atoms. The minimum absolute atomic E-state index is 0.813. The molecule has 0 heterocycles. The third-order valence-electron chi connectivity index (χ3n) is 0.884. The molecule has 7 nitrogen and oxygen atoms in total. The second-order valence-electron chi connectivity index (χ2n) is 1.93. The lowest BCUT2D eigenvalue weighted by molar-refractivity contribution is -0.143. The summed E-state index contributed by atoms with van der Waals surface area (Å²) in [4.78, 5) is 20.3. The lowest BCUT2D eigenvalue weighted by Gasteiger charge is -2.00. The summed E-state index contributed by atoms with van der Waals surface area (Å²) in [5, 5.41) is 8.10. The van der Waals surface area contributed by atoms with Crippen molar-refractivity contribution in [3.63, 3.8) is 0 Å². The molecule has 0 amide bonds. The Morgan fingerprint density at radius 3 is 2.31 bits per heavy atom. The largest absolute Gasteiger partial charge is 0.480 e. The van der Waals surface area contributed by atoms with E-state index in [9.17, 15) is 18.0 Å². The molecule has 13 heavy (non-hydrogen) atoms. The number of carboxylic acid groups (broad SMARTS) is 1. The maximum Gasteiger partial charge on any atom is 0.333 e. The van der Waals surface area contributed by atoms with E-state index < -0.39 is 34.4 Å². The van der Waals surface area contributed by atoms with Crippen molar-refractivity contribution in [2.45, 2.75) is 0 Å². The fourth-order valence-corrected chi connectivity index (χ4v) is 1.05. The van der Waals surface area contributed by atoms with Crippen molar-refractivity contribution < 1.29 is 32.0 Å². The monoisotopic (exact) mass is 212 g/mol. The highest BCUT2D eigenvalue weighted by molar-refractivity contribution is 7.87. The number of rotatable bonds is 5. The number of esters is 1. The van der Waals surface area contributed by atoms with Crippen molar-refractivity contribution in [2.75, 3.05) is 19.5 Å². The summed E-state index contributed by atoms with van der Waals surface area (Å²) in [5.74, 6) is -3.62. The first kappa shape index (κ1) is 11.8. The number of hydrogen-bond donors (Lipinski definition) is 1. The number of carbonyl (C=O) groups excluding carboxylic acids is 1. The number of ether oxygens (including phenoxy) is 1. The van der Waals surface area contributed by atoms with Gasteiger partial charge in [-0.3, -0.25) is 8.98 Å². The van der Waals surface area contributed by atoms with Crippen LogP contribution in [0.4, 0.5) is 0 Å². The Labute approximate surface area is 74.4 Å². The van der Waals surface area contributed by atoms with Crippen LogP contribution < -0.4 is 0 Å². The summed E-state index contributed by atoms with van der Waals surface area (Å²) in [6, 6.07) is 0. The zero-order valence-corrected chi connectivity index (χ0v) is 7.54. The molecule has 0 atom stereocenters. The standard InChI is InChI=1S/C5H8O7S/c1-11-5(8)2-12-13(9,10)3-4(6)7/h2-3H2,1H3,(H,6,7). The maximum atomic E-state index is 10.7. The summed E-state index contributed by atoms with van der Waals surface area (Å²) >= 11 is 0. The number of aliphatic carboxylic acids is 1. The molecule has 0 aromatic heterocycles. The average molecular weight is 212 g/mol. The molecular formula is C5H8O7S. The fourth-order valence-electron chi connectivity index (χ4n) is 0.390. The number of methoxy groups -OCH3 is 1. The van der Waals surface area contributed by atoms with Crippen LogP contribution in [0.1, 0.15) is 0 Å². The van der Waals surface area contributed by atoms with E-state index >= 15 is 0 Å². The Hall–Kier alpha value is -1.15. The van der Waals surface area contributed by atoms with Gasteiger partial charge in [0.2, 0.25) is 0 Å². The van der Waals surface area contributed by atoms with Crippen LogP contribution in [0, 0.1) is 0 Å². The van der Waals surface area contributed by atoms with E-state index in [2.05, 4.69) is 8.92 Å². The quantitative estimate of drug-likeness (QED) is 0.440. The van der Waals surface area contributed by atoms with E-state index in [1.54, 1.807) is 0 Å². The van der Waals surface area contributed by atoms with Crippen molar-refractivity contribution in [1.29, 1.82) is 0 Å². The van der Waals surface area contributed by atoms with Crippen molar-refractivity contribution in [3.8, 4) is 0 Å². The third-order valence-corrected chi connectivity index (χ3v) is 1.96. The molecule has 0 radical (unpaired) electrons. The molecule has 1 N–H and O–H groups in total. The summed E-state index contributed by atoms with van der Waals surface area (Å²) < 4.78 is 29.4. The molecule has 0 spiro atoms. The van der Waals surface area contributed by atoms with Gasteiger partial charge in [0.25, 0.3) is 10.1 Å². The van der Waals surface area contributed by atoms with Gasteiger partial charge >= 0.3 is 11.9 Å². The average Bonchev–Trinajstić information content (AvgIpc) is 1.98. The van der Waals surface area contributed by atoms with Crippen LogP contribution in [0.5, 0.6) is 0 Å². The van der Waals surface area contributed by atoms with Gasteiger partial charge in [-0.25, -0.2) is 4.79 Å². The van der Waals surface area contributed by atoms with Gasteiger partial charge in [-0.05, 0) is 0 Å². The second kappa shape index (κ2) is 4.77. The zero-order valence-electron chi connectivity index (χ0n) is 6.72. The molecule has 0 aliphatic heterocycles. The summed E-state index contributed by atoms with van der Waals surface area (Å²) in [6.45, 7) is -0.813. The molecule has 0 aliphatic rings. The topological polar surface area (TPSA) is 107 Å². The van der Waals surface area contributed by atoms with Gasteiger partial charge in [0, 0.05) is 0 Å². The summed E-state index contributed by atoms with van der Waals surface area (Å²) in [5.41, 5.74) is 0. The van der Waals surface area contributed by atoms with Crippen LogP contribution >= 0.6 is 0 Å². The molecule has 0 fully saturated rings. The summed E-state index contributed by atoms with van der Waals surface area (Å²) in [6.07, 6.45) is 0. The van der Waals surface area contributed by atoms with Gasteiger partial charge in [0.15, 0.2) is 12.4 Å². The van der Waals surface area contributed by atoms with Gasteiger partial charge in [-0.2, -0.15) is 8.42 Å². The van der Waals surface area contributed by atoms with E-state index in [0.717, 1.165) is 7.11 Å². The first-order chi connectivity index (χ1) is 5.87. The van der Waals surface area contributed by atoms with Gasteiger partial charge in [0.05, 0.1) is 7.11 Å². The van der Waals surface area contributed by atoms with Crippen LogP contribution in [0.2, 0.25) is 0 Å². The Balaban J connectivity index is 4.05. The molecule has 0 aromatic carbocycles. The normalized spacial score (nSPS) is 10.8. The molecule has 0 unspecified atom stereocenters. The van der Waals surface area contributed by atoms with E-state index in [4.69, 9.17) is 5.11 Å². The highest BCUT2D eigenvalue weighted by atomic mass is 32.2. The van der Waals surface area contributed by atoms with Gasteiger partial charge < -0.3 is 9.84 Å². The molecule has 0 aromatic rings. The predicted octanol–water partition coefficient (Wildman–Crippen LogP) is -1.41. The number of hydrogen-bond acceptors (Lipinski definition) is 6. The van der Waals surface area contributed by atoms with E-state index in [0.29, 0.717) is 0 Å². The van der Waals surface area contributed by atoms with Crippen LogP contribution in [-0.2, 0) is 28.6 Å². The van der Waals surface area contributed by atoms with E-state index in [1.165, 1.54) is 0 Å². The first-order valence-corrected chi connectivity index (χ1v) is 4.61. The Morgan fingerprint density at radius 2 is 1.92 bits per heavy atom. The highest BCUT2D eigenvalue weighted by Gasteiger charge is 2.18.